The molecule has 6 nitrogen and oxygen atoms in total. The monoisotopic (exact) mass is 316 g/mol. The molecule has 0 aliphatic heterocycles. The summed E-state index contributed by atoms with van der Waals surface area (Å²) < 4.78 is 30.9. The van der Waals surface area contributed by atoms with Crippen molar-refractivity contribution in [3.8, 4) is 0 Å². The van der Waals surface area contributed by atoms with Crippen LogP contribution in [0, 0.1) is 0 Å². The molecular weight excluding hydrogens is 300 g/mol. The highest BCUT2D eigenvalue weighted by atomic mass is 79.9. The van der Waals surface area contributed by atoms with Crippen LogP contribution < -0.4 is 9.44 Å². The molecule has 0 spiro atoms. The zero-order chi connectivity index (χ0) is 12.4. The van der Waals surface area contributed by atoms with Crippen molar-refractivity contribution < 1.29 is 17.9 Å². The molecule has 0 unspecified atom stereocenters. The third-order valence-electron chi connectivity index (χ3n) is 1.60. The molecule has 0 aromatic heterocycles. The number of alkyl halides is 1. The third kappa shape index (κ3) is 8.93. The number of hydrogen-bond donors (Lipinski definition) is 2. The molecule has 0 aromatic rings. The van der Waals surface area contributed by atoms with Crippen molar-refractivity contribution in [3.05, 3.63) is 0 Å². The molecule has 0 rings (SSSR count). The van der Waals surface area contributed by atoms with E-state index in [-0.39, 0.29) is 6.61 Å². The maximum Gasteiger partial charge on any atom is 0.421 e. The SMILES string of the molecule is CCOC(=O)NS(=O)(=O)NCCCCCBr. The first-order valence-electron chi connectivity index (χ1n) is 5.02. The average molecular weight is 317 g/mol. The van der Waals surface area contributed by atoms with Crippen LogP contribution in [0.25, 0.3) is 0 Å². The topological polar surface area (TPSA) is 84.5 Å². The summed E-state index contributed by atoms with van der Waals surface area (Å²) in [4.78, 5) is 10.8. The van der Waals surface area contributed by atoms with E-state index < -0.39 is 16.3 Å². The van der Waals surface area contributed by atoms with E-state index >= 15 is 0 Å². The van der Waals surface area contributed by atoms with E-state index in [1.165, 1.54) is 0 Å². The normalized spacial score (nSPS) is 11.1. The molecule has 96 valence electrons. The van der Waals surface area contributed by atoms with E-state index in [1.807, 2.05) is 0 Å². The van der Waals surface area contributed by atoms with Crippen molar-refractivity contribution in [3.63, 3.8) is 0 Å². The van der Waals surface area contributed by atoms with Gasteiger partial charge in [-0.2, -0.15) is 13.1 Å². The van der Waals surface area contributed by atoms with Crippen LogP contribution in [0.15, 0.2) is 0 Å². The molecule has 0 radical (unpaired) electrons. The van der Waals surface area contributed by atoms with Gasteiger partial charge in [0, 0.05) is 11.9 Å². The Bertz CT molecular complexity index is 294. The van der Waals surface area contributed by atoms with E-state index in [1.54, 1.807) is 11.6 Å². The minimum Gasteiger partial charge on any atom is -0.449 e. The van der Waals surface area contributed by atoms with E-state index in [4.69, 9.17) is 0 Å². The van der Waals surface area contributed by atoms with Gasteiger partial charge in [0.1, 0.15) is 0 Å². The van der Waals surface area contributed by atoms with E-state index in [0.717, 1.165) is 24.6 Å². The molecule has 0 aliphatic rings. The summed E-state index contributed by atoms with van der Waals surface area (Å²) in [7, 11) is -3.78. The summed E-state index contributed by atoms with van der Waals surface area (Å²) in [5.74, 6) is 0. The second kappa shape index (κ2) is 8.77. The van der Waals surface area contributed by atoms with E-state index in [0.29, 0.717) is 6.54 Å². The van der Waals surface area contributed by atoms with Crippen LogP contribution in [0.3, 0.4) is 0 Å². The molecule has 0 bridgehead atoms. The van der Waals surface area contributed by atoms with Gasteiger partial charge in [-0.25, -0.2) is 9.52 Å². The van der Waals surface area contributed by atoms with Crippen molar-refractivity contribution in [2.24, 2.45) is 0 Å². The van der Waals surface area contributed by atoms with Crippen LogP contribution in [0.2, 0.25) is 0 Å². The quantitative estimate of drug-likeness (QED) is 0.519. The van der Waals surface area contributed by atoms with Crippen molar-refractivity contribution in [2.75, 3.05) is 18.5 Å². The molecule has 2 N–H and O–H groups in total. The number of halogens is 1. The number of unbranched alkanes of at least 4 members (excludes halogenated alkanes) is 2. The van der Waals surface area contributed by atoms with Crippen molar-refractivity contribution in [1.29, 1.82) is 0 Å². The maximum absolute atomic E-state index is 11.2. The molecule has 0 aromatic carbocycles. The number of nitrogens with one attached hydrogen (secondary N) is 2. The van der Waals surface area contributed by atoms with Crippen LogP contribution in [-0.4, -0.2) is 33.0 Å². The smallest absolute Gasteiger partial charge is 0.421 e. The number of carbonyl (C=O) groups is 1. The van der Waals surface area contributed by atoms with Crippen molar-refractivity contribution in [2.45, 2.75) is 26.2 Å². The van der Waals surface area contributed by atoms with Gasteiger partial charge in [-0.3, -0.25) is 0 Å². The van der Waals surface area contributed by atoms with Crippen molar-refractivity contribution >= 4 is 32.2 Å². The first-order chi connectivity index (χ1) is 7.52. The molecule has 0 atom stereocenters. The third-order valence-corrected chi connectivity index (χ3v) is 3.18. The summed E-state index contributed by atoms with van der Waals surface area (Å²) in [5, 5.41) is 0.904. The first kappa shape index (κ1) is 15.7. The van der Waals surface area contributed by atoms with Crippen LogP contribution in [-0.2, 0) is 14.9 Å². The van der Waals surface area contributed by atoms with Gasteiger partial charge in [0.25, 0.3) is 0 Å². The Morgan fingerprint density at radius 1 is 1.31 bits per heavy atom. The highest BCUT2D eigenvalue weighted by molar-refractivity contribution is 9.09. The Morgan fingerprint density at radius 2 is 2.00 bits per heavy atom. The summed E-state index contributed by atoms with van der Waals surface area (Å²) in [5.41, 5.74) is 0. The van der Waals surface area contributed by atoms with Gasteiger partial charge in [0.2, 0.25) is 0 Å². The standard InChI is InChI=1S/C8H17BrN2O4S/c1-2-15-8(12)11-16(13,14)10-7-5-3-4-6-9/h10H,2-7H2,1H3,(H,11,12). The van der Waals surface area contributed by atoms with Gasteiger partial charge in [0.05, 0.1) is 6.61 Å². The molecule has 0 saturated heterocycles. The molecular formula is C8H17BrN2O4S. The number of ether oxygens (including phenoxy) is 1. The Kier molecular flexibility index (Phi) is 8.58. The molecule has 8 heteroatoms. The lowest BCUT2D eigenvalue weighted by Crippen LogP contribution is -2.40. The van der Waals surface area contributed by atoms with Gasteiger partial charge in [-0.1, -0.05) is 22.4 Å². The fourth-order valence-electron chi connectivity index (χ4n) is 0.909. The molecule has 16 heavy (non-hydrogen) atoms. The fraction of sp³-hybridized carbons (Fsp3) is 0.875. The van der Waals surface area contributed by atoms with Crippen LogP contribution >= 0.6 is 15.9 Å². The highest BCUT2D eigenvalue weighted by Crippen LogP contribution is 1.97. The molecule has 1 amide bonds. The fourth-order valence-corrected chi connectivity index (χ4v) is 2.07. The molecule has 0 fully saturated rings. The Balaban J connectivity index is 3.74. The van der Waals surface area contributed by atoms with Gasteiger partial charge in [0.15, 0.2) is 0 Å². The number of amides is 1. The van der Waals surface area contributed by atoms with Gasteiger partial charge >= 0.3 is 16.3 Å². The number of rotatable bonds is 8. The van der Waals surface area contributed by atoms with Crippen LogP contribution in [0.5, 0.6) is 0 Å². The summed E-state index contributed by atoms with van der Waals surface area (Å²) >= 11 is 3.28. The molecule has 0 saturated carbocycles. The predicted octanol–water partition coefficient (Wildman–Crippen LogP) is 1.13. The van der Waals surface area contributed by atoms with Crippen LogP contribution in [0.1, 0.15) is 26.2 Å². The van der Waals surface area contributed by atoms with Gasteiger partial charge < -0.3 is 4.74 Å². The number of hydrogen-bond acceptors (Lipinski definition) is 4. The predicted molar refractivity (Wildman–Crippen MR) is 64.7 cm³/mol. The lowest BCUT2D eigenvalue weighted by molar-refractivity contribution is 0.158. The summed E-state index contributed by atoms with van der Waals surface area (Å²) in [6.07, 6.45) is 1.69. The second-order valence-electron chi connectivity index (χ2n) is 2.97. The Morgan fingerprint density at radius 3 is 2.56 bits per heavy atom. The zero-order valence-electron chi connectivity index (χ0n) is 9.16. The lowest BCUT2D eigenvalue weighted by Gasteiger charge is -2.07. The largest absolute Gasteiger partial charge is 0.449 e. The van der Waals surface area contributed by atoms with E-state index in [9.17, 15) is 13.2 Å². The van der Waals surface area contributed by atoms with Crippen molar-refractivity contribution in [1.82, 2.24) is 9.44 Å². The molecule has 0 heterocycles. The second-order valence-corrected chi connectivity index (χ2v) is 5.26. The minimum atomic E-state index is -3.78. The maximum atomic E-state index is 11.2. The first-order valence-corrected chi connectivity index (χ1v) is 7.62. The minimum absolute atomic E-state index is 0.132. The Labute approximate surface area is 104 Å². The van der Waals surface area contributed by atoms with E-state index in [2.05, 4.69) is 25.4 Å². The molecule has 0 aliphatic carbocycles. The Hall–Kier alpha value is -0.340. The summed E-state index contributed by atoms with van der Waals surface area (Å²) in [6.45, 7) is 2.04. The summed E-state index contributed by atoms with van der Waals surface area (Å²) in [6, 6.07) is 0. The van der Waals surface area contributed by atoms with Gasteiger partial charge in [-0.05, 0) is 19.8 Å². The van der Waals surface area contributed by atoms with Gasteiger partial charge in [-0.15, -0.1) is 0 Å². The zero-order valence-corrected chi connectivity index (χ0v) is 11.6. The highest BCUT2D eigenvalue weighted by Gasteiger charge is 2.13. The average Bonchev–Trinajstić information content (AvgIpc) is 2.16. The van der Waals surface area contributed by atoms with Crippen LogP contribution in [0.4, 0.5) is 4.79 Å². The number of carbonyl (C=O) groups excluding carboxylic acids is 1. The lowest BCUT2D eigenvalue weighted by atomic mass is 10.3.